The van der Waals surface area contributed by atoms with E-state index in [2.05, 4.69) is 4.72 Å². The Morgan fingerprint density at radius 2 is 1.79 bits per heavy atom. The second-order valence-corrected chi connectivity index (χ2v) is 6.19. The van der Waals surface area contributed by atoms with E-state index in [4.69, 9.17) is 5.73 Å². The van der Waals surface area contributed by atoms with E-state index in [1.807, 2.05) is 19.1 Å². The summed E-state index contributed by atoms with van der Waals surface area (Å²) in [5.41, 5.74) is 8.47. The number of sulfonamides is 1. The smallest absolute Gasteiger partial charge is 0.236 e. The van der Waals surface area contributed by atoms with Crippen molar-refractivity contribution < 1.29 is 8.42 Å². The Bertz CT molecular complexity index is 664. The molecule has 0 radical (unpaired) electrons. The standard InChI is InChI=1S/C14H16N2O2S/c1-11-3-2-4-14(9-11)16-19(17,18)10-12-5-7-13(15)8-6-12/h2-9,16H,10,15H2,1H3. The van der Waals surface area contributed by atoms with Crippen LogP contribution in [0.3, 0.4) is 0 Å². The van der Waals surface area contributed by atoms with Gasteiger partial charge < -0.3 is 5.73 Å². The third kappa shape index (κ3) is 3.99. The average molecular weight is 276 g/mol. The van der Waals surface area contributed by atoms with E-state index in [0.29, 0.717) is 16.9 Å². The third-order valence-electron chi connectivity index (χ3n) is 2.63. The van der Waals surface area contributed by atoms with Gasteiger partial charge in [0.2, 0.25) is 10.0 Å². The van der Waals surface area contributed by atoms with Gasteiger partial charge in [0.1, 0.15) is 0 Å². The van der Waals surface area contributed by atoms with Gasteiger partial charge in [0.15, 0.2) is 0 Å². The Kier molecular flexibility index (Phi) is 3.76. The van der Waals surface area contributed by atoms with Crippen LogP contribution < -0.4 is 10.5 Å². The first-order valence-electron chi connectivity index (χ1n) is 5.86. The molecule has 3 N–H and O–H groups in total. The van der Waals surface area contributed by atoms with Crippen molar-refractivity contribution in [3.8, 4) is 0 Å². The molecule has 2 aromatic carbocycles. The van der Waals surface area contributed by atoms with Crippen molar-refractivity contribution in [3.05, 3.63) is 59.7 Å². The lowest BCUT2D eigenvalue weighted by Gasteiger charge is -2.08. The zero-order valence-electron chi connectivity index (χ0n) is 10.6. The summed E-state index contributed by atoms with van der Waals surface area (Å²) >= 11 is 0. The summed E-state index contributed by atoms with van der Waals surface area (Å²) in [5, 5.41) is 0. The molecule has 0 aliphatic rings. The fourth-order valence-corrected chi connectivity index (χ4v) is 2.95. The molecule has 0 saturated heterocycles. The quantitative estimate of drug-likeness (QED) is 0.843. The normalized spacial score (nSPS) is 11.2. The first-order chi connectivity index (χ1) is 8.94. The molecular weight excluding hydrogens is 260 g/mol. The van der Waals surface area contributed by atoms with E-state index in [1.54, 1.807) is 36.4 Å². The average Bonchev–Trinajstić information content (AvgIpc) is 2.31. The van der Waals surface area contributed by atoms with Gasteiger partial charge >= 0.3 is 0 Å². The summed E-state index contributed by atoms with van der Waals surface area (Å²) in [4.78, 5) is 0. The minimum Gasteiger partial charge on any atom is -0.399 e. The van der Waals surface area contributed by atoms with Crippen LogP contribution in [-0.4, -0.2) is 8.42 Å². The second kappa shape index (κ2) is 5.32. The van der Waals surface area contributed by atoms with Crippen molar-refractivity contribution in [2.45, 2.75) is 12.7 Å². The summed E-state index contributed by atoms with van der Waals surface area (Å²) in [6.07, 6.45) is 0. The maximum absolute atomic E-state index is 12.0. The molecule has 0 aliphatic carbocycles. The van der Waals surface area contributed by atoms with Gasteiger partial charge in [-0.05, 0) is 42.3 Å². The molecule has 5 heteroatoms. The van der Waals surface area contributed by atoms with Gasteiger partial charge in [-0.1, -0.05) is 24.3 Å². The molecule has 0 unspecified atom stereocenters. The first kappa shape index (κ1) is 13.4. The summed E-state index contributed by atoms with van der Waals surface area (Å²) in [7, 11) is -3.41. The zero-order valence-corrected chi connectivity index (χ0v) is 11.4. The number of anilines is 2. The molecule has 0 fully saturated rings. The third-order valence-corrected chi connectivity index (χ3v) is 3.89. The topological polar surface area (TPSA) is 72.2 Å². The molecular formula is C14H16N2O2S. The monoisotopic (exact) mass is 276 g/mol. The van der Waals surface area contributed by atoms with E-state index in [1.165, 1.54) is 0 Å². The molecule has 0 atom stereocenters. The van der Waals surface area contributed by atoms with Crippen LogP contribution in [0.25, 0.3) is 0 Å². The molecule has 0 saturated carbocycles. The fraction of sp³-hybridized carbons (Fsp3) is 0.143. The Morgan fingerprint density at radius 3 is 2.42 bits per heavy atom. The maximum Gasteiger partial charge on any atom is 0.236 e. The van der Waals surface area contributed by atoms with Crippen LogP contribution in [-0.2, 0) is 15.8 Å². The van der Waals surface area contributed by atoms with Crippen molar-refractivity contribution in [2.75, 3.05) is 10.5 Å². The lowest BCUT2D eigenvalue weighted by molar-refractivity contribution is 0.600. The van der Waals surface area contributed by atoms with Gasteiger partial charge in [0, 0.05) is 11.4 Å². The van der Waals surface area contributed by atoms with Crippen molar-refractivity contribution in [3.63, 3.8) is 0 Å². The summed E-state index contributed by atoms with van der Waals surface area (Å²) in [6, 6.07) is 14.1. The number of nitrogens with two attached hydrogens (primary N) is 1. The summed E-state index contributed by atoms with van der Waals surface area (Å²) in [5.74, 6) is -0.0682. The van der Waals surface area contributed by atoms with Crippen molar-refractivity contribution in [1.82, 2.24) is 0 Å². The van der Waals surface area contributed by atoms with Gasteiger partial charge in [0.05, 0.1) is 5.75 Å². The van der Waals surface area contributed by atoms with Crippen LogP contribution in [0.2, 0.25) is 0 Å². The van der Waals surface area contributed by atoms with E-state index in [0.717, 1.165) is 5.56 Å². The van der Waals surface area contributed by atoms with Gasteiger partial charge in [0.25, 0.3) is 0 Å². The highest BCUT2D eigenvalue weighted by molar-refractivity contribution is 7.91. The molecule has 0 bridgehead atoms. The Hall–Kier alpha value is -2.01. The molecule has 4 nitrogen and oxygen atoms in total. The highest BCUT2D eigenvalue weighted by atomic mass is 32.2. The van der Waals surface area contributed by atoms with Gasteiger partial charge in [-0.2, -0.15) is 0 Å². The largest absolute Gasteiger partial charge is 0.399 e. The van der Waals surface area contributed by atoms with Crippen LogP contribution in [0.5, 0.6) is 0 Å². The minimum atomic E-state index is -3.41. The Balaban J connectivity index is 2.13. The number of nitrogen functional groups attached to an aromatic ring is 1. The van der Waals surface area contributed by atoms with E-state index in [9.17, 15) is 8.42 Å². The summed E-state index contributed by atoms with van der Waals surface area (Å²) < 4.78 is 26.6. The van der Waals surface area contributed by atoms with E-state index >= 15 is 0 Å². The van der Waals surface area contributed by atoms with Gasteiger partial charge in [-0.3, -0.25) is 4.72 Å². The molecule has 2 rings (SSSR count). The van der Waals surface area contributed by atoms with E-state index in [-0.39, 0.29) is 5.75 Å². The van der Waals surface area contributed by atoms with Crippen LogP contribution >= 0.6 is 0 Å². The number of benzene rings is 2. The lowest BCUT2D eigenvalue weighted by Crippen LogP contribution is -2.15. The molecule has 19 heavy (non-hydrogen) atoms. The van der Waals surface area contributed by atoms with Crippen LogP contribution in [0.4, 0.5) is 11.4 Å². The minimum absolute atomic E-state index is 0.0682. The summed E-state index contributed by atoms with van der Waals surface area (Å²) in [6.45, 7) is 1.91. The highest BCUT2D eigenvalue weighted by Crippen LogP contribution is 2.15. The number of hydrogen-bond acceptors (Lipinski definition) is 3. The van der Waals surface area contributed by atoms with Gasteiger partial charge in [-0.25, -0.2) is 8.42 Å². The van der Waals surface area contributed by atoms with E-state index < -0.39 is 10.0 Å². The second-order valence-electron chi connectivity index (χ2n) is 4.47. The van der Waals surface area contributed by atoms with Crippen molar-refractivity contribution in [2.24, 2.45) is 0 Å². The molecule has 100 valence electrons. The number of nitrogens with one attached hydrogen (secondary N) is 1. The zero-order chi connectivity index (χ0) is 13.9. The van der Waals surface area contributed by atoms with Crippen LogP contribution in [0.1, 0.15) is 11.1 Å². The Labute approximate surface area is 113 Å². The number of rotatable bonds is 4. The predicted molar refractivity (Wildman–Crippen MR) is 78.3 cm³/mol. The van der Waals surface area contributed by atoms with Crippen molar-refractivity contribution in [1.29, 1.82) is 0 Å². The maximum atomic E-state index is 12.0. The molecule has 0 heterocycles. The number of aryl methyl sites for hydroxylation is 1. The first-order valence-corrected chi connectivity index (χ1v) is 7.51. The van der Waals surface area contributed by atoms with Gasteiger partial charge in [-0.15, -0.1) is 0 Å². The molecule has 0 spiro atoms. The van der Waals surface area contributed by atoms with Crippen LogP contribution in [0.15, 0.2) is 48.5 Å². The number of hydrogen-bond donors (Lipinski definition) is 2. The lowest BCUT2D eigenvalue weighted by atomic mass is 10.2. The van der Waals surface area contributed by atoms with Crippen molar-refractivity contribution >= 4 is 21.4 Å². The predicted octanol–water partition coefficient (Wildman–Crippen LogP) is 2.52. The van der Waals surface area contributed by atoms with Crippen LogP contribution in [0, 0.1) is 6.92 Å². The molecule has 0 aromatic heterocycles. The molecule has 2 aromatic rings. The molecule has 0 aliphatic heterocycles. The SMILES string of the molecule is Cc1cccc(NS(=O)(=O)Cc2ccc(N)cc2)c1. The molecule has 0 amide bonds. The Morgan fingerprint density at radius 1 is 1.11 bits per heavy atom. The highest BCUT2D eigenvalue weighted by Gasteiger charge is 2.11. The fourth-order valence-electron chi connectivity index (χ4n) is 1.76.